The van der Waals surface area contributed by atoms with Crippen LogP contribution >= 0.6 is 0 Å². The van der Waals surface area contributed by atoms with E-state index in [9.17, 15) is 8.78 Å². The number of nitrogens with one attached hydrogen (secondary N) is 1. The molecule has 106 valence electrons. The van der Waals surface area contributed by atoms with E-state index >= 15 is 0 Å². The maximum atomic E-state index is 14.1. The highest BCUT2D eigenvalue weighted by Crippen LogP contribution is 2.25. The lowest BCUT2D eigenvalue weighted by Crippen LogP contribution is -2.28. The summed E-state index contributed by atoms with van der Waals surface area (Å²) < 4.78 is 33.5. The molecule has 19 heavy (non-hydrogen) atoms. The third-order valence-electron chi connectivity index (χ3n) is 3.19. The summed E-state index contributed by atoms with van der Waals surface area (Å²) in [7, 11) is 0. The van der Waals surface area contributed by atoms with Gasteiger partial charge in [-0.3, -0.25) is 0 Å². The average molecular weight is 270 g/mol. The van der Waals surface area contributed by atoms with Gasteiger partial charge < -0.3 is 15.0 Å². The largest absolute Gasteiger partial charge is 0.380 e. The number of ether oxygens (including phenoxy) is 1. The maximum absolute atomic E-state index is 14.1. The van der Waals surface area contributed by atoms with Gasteiger partial charge in [0.05, 0.1) is 6.61 Å². The van der Waals surface area contributed by atoms with Gasteiger partial charge in [0.2, 0.25) is 0 Å². The molecule has 1 aromatic rings. The summed E-state index contributed by atoms with van der Waals surface area (Å²) in [6.45, 7) is 5.53. The SMILES string of the molecule is CCNCc1cc(F)c(N2CCCOCC2)c(F)c1. The van der Waals surface area contributed by atoms with Crippen molar-refractivity contribution < 1.29 is 13.5 Å². The van der Waals surface area contributed by atoms with Gasteiger partial charge in [0, 0.05) is 26.2 Å². The molecule has 0 unspecified atom stereocenters. The lowest BCUT2D eigenvalue weighted by molar-refractivity contribution is 0.152. The van der Waals surface area contributed by atoms with Crippen molar-refractivity contribution in [1.29, 1.82) is 0 Å². The number of hydrogen-bond acceptors (Lipinski definition) is 3. The minimum Gasteiger partial charge on any atom is -0.380 e. The molecule has 1 aliphatic rings. The normalized spacial score (nSPS) is 16.5. The van der Waals surface area contributed by atoms with Crippen LogP contribution in [0.5, 0.6) is 0 Å². The highest BCUT2D eigenvalue weighted by Gasteiger charge is 2.19. The van der Waals surface area contributed by atoms with Crippen molar-refractivity contribution in [3.8, 4) is 0 Å². The molecule has 0 radical (unpaired) electrons. The van der Waals surface area contributed by atoms with E-state index in [0.29, 0.717) is 38.4 Å². The Hall–Kier alpha value is -1.20. The fourth-order valence-corrected chi connectivity index (χ4v) is 2.26. The van der Waals surface area contributed by atoms with Crippen LogP contribution in [0, 0.1) is 11.6 Å². The van der Waals surface area contributed by atoms with Gasteiger partial charge in [0.25, 0.3) is 0 Å². The molecule has 0 atom stereocenters. The maximum Gasteiger partial charge on any atom is 0.149 e. The Labute approximate surface area is 112 Å². The number of anilines is 1. The summed E-state index contributed by atoms with van der Waals surface area (Å²) >= 11 is 0. The predicted molar refractivity (Wildman–Crippen MR) is 71.4 cm³/mol. The van der Waals surface area contributed by atoms with Gasteiger partial charge in [0.1, 0.15) is 17.3 Å². The lowest BCUT2D eigenvalue weighted by Gasteiger charge is -2.23. The fourth-order valence-electron chi connectivity index (χ4n) is 2.26. The molecule has 0 saturated carbocycles. The Morgan fingerprint density at radius 2 is 1.95 bits per heavy atom. The standard InChI is InChI=1S/C14H20F2N2O/c1-2-17-10-11-8-12(15)14(13(16)9-11)18-4-3-6-19-7-5-18/h8-9,17H,2-7,10H2,1H3. The van der Waals surface area contributed by atoms with Crippen LogP contribution in [0.3, 0.4) is 0 Å². The zero-order valence-electron chi connectivity index (χ0n) is 11.2. The second kappa shape index (κ2) is 6.82. The zero-order chi connectivity index (χ0) is 13.7. The van der Waals surface area contributed by atoms with Gasteiger partial charge in [-0.05, 0) is 30.7 Å². The zero-order valence-corrected chi connectivity index (χ0v) is 11.2. The van der Waals surface area contributed by atoms with Crippen LogP contribution in [-0.4, -0.2) is 32.8 Å². The minimum atomic E-state index is -0.491. The fraction of sp³-hybridized carbons (Fsp3) is 0.571. The van der Waals surface area contributed by atoms with E-state index in [0.717, 1.165) is 13.0 Å². The van der Waals surface area contributed by atoms with Gasteiger partial charge in [-0.2, -0.15) is 0 Å². The van der Waals surface area contributed by atoms with Crippen molar-refractivity contribution >= 4 is 5.69 Å². The molecule has 3 nitrogen and oxygen atoms in total. The number of benzene rings is 1. The summed E-state index contributed by atoms with van der Waals surface area (Å²) in [5.41, 5.74) is 0.706. The molecule has 1 saturated heterocycles. The second-order valence-corrected chi connectivity index (χ2v) is 4.64. The Balaban J connectivity index is 2.20. The molecule has 2 rings (SSSR count). The Morgan fingerprint density at radius 3 is 2.63 bits per heavy atom. The molecule has 1 fully saturated rings. The van der Waals surface area contributed by atoms with Crippen LogP contribution in [0.2, 0.25) is 0 Å². The van der Waals surface area contributed by atoms with Crippen LogP contribution in [0.15, 0.2) is 12.1 Å². The molecule has 0 spiro atoms. The van der Waals surface area contributed by atoms with Gasteiger partial charge in [0.15, 0.2) is 0 Å². The van der Waals surface area contributed by atoms with E-state index < -0.39 is 11.6 Å². The molecule has 1 aliphatic heterocycles. The van der Waals surface area contributed by atoms with Crippen LogP contribution in [-0.2, 0) is 11.3 Å². The summed E-state index contributed by atoms with van der Waals surface area (Å²) in [5.74, 6) is -0.982. The number of hydrogen-bond donors (Lipinski definition) is 1. The van der Waals surface area contributed by atoms with Crippen LogP contribution in [0.1, 0.15) is 18.9 Å². The minimum absolute atomic E-state index is 0.0748. The van der Waals surface area contributed by atoms with E-state index in [1.807, 2.05) is 6.92 Å². The Kier molecular flexibility index (Phi) is 5.10. The quantitative estimate of drug-likeness (QED) is 0.908. The van der Waals surface area contributed by atoms with E-state index in [1.54, 1.807) is 4.90 Å². The lowest BCUT2D eigenvalue weighted by atomic mass is 10.1. The van der Waals surface area contributed by atoms with Crippen molar-refractivity contribution in [2.24, 2.45) is 0 Å². The molecule has 0 aromatic heterocycles. The van der Waals surface area contributed by atoms with Gasteiger partial charge in [-0.1, -0.05) is 6.92 Å². The third kappa shape index (κ3) is 3.64. The first-order valence-electron chi connectivity index (χ1n) is 6.73. The smallest absolute Gasteiger partial charge is 0.149 e. The molecule has 5 heteroatoms. The van der Waals surface area contributed by atoms with Gasteiger partial charge >= 0.3 is 0 Å². The van der Waals surface area contributed by atoms with Crippen molar-refractivity contribution in [2.75, 3.05) is 37.7 Å². The summed E-state index contributed by atoms with van der Waals surface area (Å²) in [6, 6.07) is 2.82. The molecule has 1 aromatic carbocycles. The summed E-state index contributed by atoms with van der Waals surface area (Å²) in [6.07, 6.45) is 0.790. The molecular weight excluding hydrogens is 250 g/mol. The van der Waals surface area contributed by atoms with Crippen LogP contribution < -0.4 is 10.2 Å². The van der Waals surface area contributed by atoms with Crippen LogP contribution in [0.4, 0.5) is 14.5 Å². The topological polar surface area (TPSA) is 24.5 Å². The monoisotopic (exact) mass is 270 g/mol. The third-order valence-corrected chi connectivity index (χ3v) is 3.19. The van der Waals surface area contributed by atoms with E-state index in [-0.39, 0.29) is 5.69 Å². The average Bonchev–Trinajstić information content (AvgIpc) is 2.64. The number of rotatable bonds is 4. The second-order valence-electron chi connectivity index (χ2n) is 4.64. The summed E-state index contributed by atoms with van der Waals surface area (Å²) in [4.78, 5) is 1.73. The Bertz CT molecular complexity index is 395. The van der Waals surface area contributed by atoms with Crippen molar-refractivity contribution in [2.45, 2.75) is 19.9 Å². The first kappa shape index (κ1) is 14.2. The molecule has 0 aliphatic carbocycles. The molecule has 0 amide bonds. The molecular formula is C14H20F2N2O. The van der Waals surface area contributed by atoms with Gasteiger partial charge in [-0.15, -0.1) is 0 Å². The summed E-state index contributed by atoms with van der Waals surface area (Å²) in [5, 5.41) is 3.06. The highest BCUT2D eigenvalue weighted by molar-refractivity contribution is 5.50. The van der Waals surface area contributed by atoms with E-state index in [4.69, 9.17) is 4.74 Å². The predicted octanol–water partition coefficient (Wildman–Crippen LogP) is 2.30. The number of halogens is 2. The molecule has 0 bridgehead atoms. The van der Waals surface area contributed by atoms with Crippen molar-refractivity contribution in [3.63, 3.8) is 0 Å². The van der Waals surface area contributed by atoms with Crippen LogP contribution in [0.25, 0.3) is 0 Å². The molecule has 1 N–H and O–H groups in total. The van der Waals surface area contributed by atoms with E-state index in [2.05, 4.69) is 5.32 Å². The van der Waals surface area contributed by atoms with Crippen molar-refractivity contribution in [1.82, 2.24) is 5.32 Å². The first-order chi connectivity index (χ1) is 9.22. The Morgan fingerprint density at radius 1 is 1.21 bits per heavy atom. The highest BCUT2D eigenvalue weighted by atomic mass is 19.1. The molecule has 1 heterocycles. The van der Waals surface area contributed by atoms with E-state index in [1.165, 1.54) is 12.1 Å². The van der Waals surface area contributed by atoms with Crippen molar-refractivity contribution in [3.05, 3.63) is 29.3 Å². The van der Waals surface area contributed by atoms with Gasteiger partial charge in [-0.25, -0.2) is 8.78 Å². The first-order valence-corrected chi connectivity index (χ1v) is 6.73. The number of nitrogens with zero attached hydrogens (tertiary/aromatic N) is 1.